The van der Waals surface area contributed by atoms with Gasteiger partial charge in [0.2, 0.25) is 0 Å². The normalized spacial score (nSPS) is 17.2. The van der Waals surface area contributed by atoms with Gasteiger partial charge < -0.3 is 20.3 Å². The van der Waals surface area contributed by atoms with E-state index in [-0.39, 0.29) is 24.1 Å². The summed E-state index contributed by atoms with van der Waals surface area (Å²) in [7, 11) is 0. The maximum Gasteiger partial charge on any atom is 0.350 e. The fourth-order valence-corrected chi connectivity index (χ4v) is 2.94. The number of rotatable bonds is 6. The van der Waals surface area contributed by atoms with Gasteiger partial charge >= 0.3 is 5.69 Å². The molecule has 0 bridgehead atoms. The minimum atomic E-state index is -0.981. The lowest BCUT2D eigenvalue weighted by molar-refractivity contribution is -0.170. The van der Waals surface area contributed by atoms with Crippen molar-refractivity contribution < 1.29 is 23.8 Å². The summed E-state index contributed by atoms with van der Waals surface area (Å²) in [6.45, 7) is 2.69. The number of aromatic hydroxyl groups is 1. The molecule has 1 aromatic carbocycles. The van der Waals surface area contributed by atoms with Gasteiger partial charge in [0.15, 0.2) is 12.1 Å². The van der Waals surface area contributed by atoms with Gasteiger partial charge in [-0.25, -0.2) is 9.18 Å². The van der Waals surface area contributed by atoms with Crippen molar-refractivity contribution in [2.24, 2.45) is 5.73 Å². The van der Waals surface area contributed by atoms with Gasteiger partial charge in [-0.05, 0) is 32.3 Å². The van der Waals surface area contributed by atoms with E-state index in [2.05, 4.69) is 5.10 Å². The third-order valence-corrected chi connectivity index (χ3v) is 4.35. The molecule has 1 aliphatic heterocycles. The number of nitrogens with zero attached hydrogens (tertiary/aromatic N) is 3. The Balaban J connectivity index is 1.92. The van der Waals surface area contributed by atoms with Gasteiger partial charge in [0.25, 0.3) is 5.91 Å². The van der Waals surface area contributed by atoms with Crippen molar-refractivity contribution in [3.63, 3.8) is 0 Å². The van der Waals surface area contributed by atoms with Gasteiger partial charge in [0.1, 0.15) is 23.9 Å². The van der Waals surface area contributed by atoms with Crippen LogP contribution in [0, 0.1) is 5.82 Å². The number of carbonyl (C=O) groups excluding carboxylic acids is 1. The molecule has 2 aromatic rings. The minimum Gasteiger partial charge on any atom is -0.507 e. The molecule has 1 aliphatic rings. The van der Waals surface area contributed by atoms with E-state index < -0.39 is 23.2 Å². The smallest absolute Gasteiger partial charge is 0.350 e. The van der Waals surface area contributed by atoms with E-state index in [9.17, 15) is 19.1 Å². The monoisotopic (exact) mass is 380 g/mol. The number of aromatic nitrogens is 3. The topological polar surface area (TPSA) is 122 Å². The molecule has 10 heteroatoms. The molecule has 3 N–H and O–H groups in total. The Morgan fingerprint density at radius 2 is 2.26 bits per heavy atom. The third kappa shape index (κ3) is 3.86. The fourth-order valence-electron chi connectivity index (χ4n) is 2.94. The van der Waals surface area contributed by atoms with Crippen LogP contribution in [0.4, 0.5) is 4.39 Å². The number of nitrogens with two attached hydrogens (primary N) is 1. The Kier molecular flexibility index (Phi) is 5.57. The highest BCUT2D eigenvalue weighted by molar-refractivity contribution is 5.95. The van der Waals surface area contributed by atoms with Crippen LogP contribution in [0.25, 0.3) is 5.69 Å². The number of hydrogen-bond acceptors (Lipinski definition) is 6. The molecule has 146 valence electrons. The molecule has 0 saturated carbocycles. The molecule has 2 heterocycles. The molecule has 3 rings (SSSR count). The Bertz CT molecular complexity index is 901. The van der Waals surface area contributed by atoms with Crippen LogP contribution in [0.1, 0.15) is 42.4 Å². The van der Waals surface area contributed by atoms with Crippen molar-refractivity contribution in [3.8, 4) is 11.4 Å². The first-order chi connectivity index (χ1) is 12.9. The Hall–Kier alpha value is -2.72. The molecule has 0 radical (unpaired) electrons. The van der Waals surface area contributed by atoms with Crippen molar-refractivity contribution >= 4 is 5.91 Å². The van der Waals surface area contributed by atoms with Crippen molar-refractivity contribution in [1.29, 1.82) is 0 Å². The summed E-state index contributed by atoms with van der Waals surface area (Å²) in [5.41, 5.74) is 3.82. The second-order valence-electron chi connectivity index (χ2n) is 6.15. The average molecular weight is 380 g/mol. The SMILES string of the molecule is CCn1c(COC2CCCCO2)nn(-c2cc(O)c(C(N)=O)cc2F)c1=O. The van der Waals surface area contributed by atoms with Gasteiger partial charge in [-0.1, -0.05) is 0 Å². The number of amides is 1. The van der Waals surface area contributed by atoms with Crippen molar-refractivity contribution in [2.45, 2.75) is 45.6 Å². The molecule has 1 atom stereocenters. The van der Waals surface area contributed by atoms with Crippen molar-refractivity contribution in [1.82, 2.24) is 14.3 Å². The van der Waals surface area contributed by atoms with Crippen molar-refractivity contribution in [2.75, 3.05) is 6.61 Å². The maximum absolute atomic E-state index is 14.4. The van der Waals surface area contributed by atoms with Crippen LogP contribution in [0.2, 0.25) is 0 Å². The van der Waals surface area contributed by atoms with Gasteiger partial charge in [-0.2, -0.15) is 4.68 Å². The third-order valence-electron chi connectivity index (χ3n) is 4.35. The summed E-state index contributed by atoms with van der Waals surface area (Å²) in [4.78, 5) is 23.8. The average Bonchev–Trinajstić information content (AvgIpc) is 2.97. The zero-order valence-electron chi connectivity index (χ0n) is 14.9. The number of halogens is 1. The molecule has 1 unspecified atom stereocenters. The molecule has 9 nitrogen and oxygen atoms in total. The quantitative estimate of drug-likeness (QED) is 0.772. The zero-order valence-corrected chi connectivity index (χ0v) is 14.9. The molecule has 0 spiro atoms. The van der Waals surface area contributed by atoms with E-state index in [0.29, 0.717) is 19.0 Å². The Morgan fingerprint density at radius 1 is 1.48 bits per heavy atom. The van der Waals surface area contributed by atoms with E-state index in [4.69, 9.17) is 15.2 Å². The predicted molar refractivity (Wildman–Crippen MR) is 92.0 cm³/mol. The lowest BCUT2D eigenvalue weighted by atomic mass is 10.1. The second kappa shape index (κ2) is 7.89. The summed E-state index contributed by atoms with van der Waals surface area (Å²) in [6, 6.07) is 1.72. The zero-order chi connectivity index (χ0) is 19.6. The second-order valence-corrected chi connectivity index (χ2v) is 6.15. The number of carbonyl (C=O) groups is 1. The Labute approximate surface area is 154 Å². The number of ether oxygens (including phenoxy) is 2. The summed E-state index contributed by atoms with van der Waals surface area (Å²) < 4.78 is 27.7. The van der Waals surface area contributed by atoms with E-state index in [0.717, 1.165) is 36.1 Å². The molecule has 1 fully saturated rings. The largest absolute Gasteiger partial charge is 0.507 e. The number of benzene rings is 1. The highest BCUT2D eigenvalue weighted by atomic mass is 19.1. The number of phenols is 1. The predicted octanol–water partition coefficient (Wildman–Crippen LogP) is 1.04. The van der Waals surface area contributed by atoms with Gasteiger partial charge in [-0.15, -0.1) is 5.10 Å². The first-order valence-electron chi connectivity index (χ1n) is 8.67. The van der Waals surface area contributed by atoms with E-state index in [1.165, 1.54) is 4.57 Å². The van der Waals surface area contributed by atoms with Crippen LogP contribution < -0.4 is 11.4 Å². The molecule has 1 saturated heterocycles. The summed E-state index contributed by atoms with van der Waals surface area (Å²) >= 11 is 0. The van der Waals surface area contributed by atoms with Crippen LogP contribution in [-0.2, 0) is 22.6 Å². The van der Waals surface area contributed by atoms with Crippen LogP contribution >= 0.6 is 0 Å². The fraction of sp³-hybridized carbons (Fsp3) is 0.471. The lowest BCUT2D eigenvalue weighted by Crippen LogP contribution is -2.26. The first-order valence-corrected chi connectivity index (χ1v) is 8.67. The van der Waals surface area contributed by atoms with E-state index >= 15 is 0 Å². The van der Waals surface area contributed by atoms with Crippen LogP contribution in [-0.4, -0.2) is 38.3 Å². The van der Waals surface area contributed by atoms with E-state index in [1.807, 2.05) is 0 Å². The molecular formula is C17H21FN4O5. The minimum absolute atomic E-state index is 0.0215. The molecule has 1 amide bonds. The highest BCUT2D eigenvalue weighted by Crippen LogP contribution is 2.23. The van der Waals surface area contributed by atoms with Gasteiger partial charge in [-0.3, -0.25) is 9.36 Å². The molecular weight excluding hydrogens is 359 g/mol. The summed E-state index contributed by atoms with van der Waals surface area (Å²) in [5, 5.41) is 14.0. The van der Waals surface area contributed by atoms with Gasteiger partial charge in [0.05, 0.1) is 5.56 Å². The summed E-state index contributed by atoms with van der Waals surface area (Å²) in [6.07, 6.45) is 2.38. The highest BCUT2D eigenvalue weighted by Gasteiger charge is 2.21. The number of primary amides is 1. The maximum atomic E-state index is 14.4. The van der Waals surface area contributed by atoms with Crippen LogP contribution in [0.5, 0.6) is 5.75 Å². The van der Waals surface area contributed by atoms with Crippen molar-refractivity contribution in [3.05, 3.63) is 39.8 Å². The van der Waals surface area contributed by atoms with Crippen LogP contribution in [0.3, 0.4) is 0 Å². The first kappa shape index (κ1) is 19.1. The Morgan fingerprint density at radius 3 is 2.89 bits per heavy atom. The standard InChI is InChI=1S/C17H21FN4O5/c1-2-21-14(9-27-15-5-3-4-6-26-15)20-22(17(21)25)12-8-13(23)10(16(19)24)7-11(12)18/h7-8,15,23H,2-6,9H2,1H3,(H2,19,24). The lowest BCUT2D eigenvalue weighted by Gasteiger charge is -2.22. The van der Waals surface area contributed by atoms with E-state index in [1.54, 1.807) is 6.92 Å². The number of hydrogen-bond donors (Lipinski definition) is 2. The molecule has 1 aromatic heterocycles. The van der Waals surface area contributed by atoms with Crippen LogP contribution in [0.15, 0.2) is 16.9 Å². The molecule has 0 aliphatic carbocycles. The van der Waals surface area contributed by atoms with Gasteiger partial charge in [0, 0.05) is 19.2 Å². The molecule has 27 heavy (non-hydrogen) atoms. The summed E-state index contributed by atoms with van der Waals surface area (Å²) in [5.74, 6) is -2.13.